The lowest BCUT2D eigenvalue weighted by Crippen LogP contribution is -2.47. The van der Waals surface area contributed by atoms with Crippen LogP contribution in [0.25, 0.3) is 0 Å². The van der Waals surface area contributed by atoms with E-state index in [-0.39, 0.29) is 11.8 Å². The van der Waals surface area contributed by atoms with Gasteiger partial charge in [0.1, 0.15) is 6.04 Å². The minimum atomic E-state index is -0.397. The number of hydrogen-bond donors (Lipinski definition) is 2. The highest BCUT2D eigenvalue weighted by Gasteiger charge is 2.21. The third-order valence-electron chi connectivity index (χ3n) is 9.20. The lowest BCUT2D eigenvalue weighted by molar-refractivity contribution is -0.129. The van der Waals surface area contributed by atoms with Crippen LogP contribution in [0.15, 0.2) is 0 Å². The molecule has 1 unspecified atom stereocenters. The maximum Gasteiger partial charge on any atom is 0.242 e. The highest BCUT2D eigenvalue weighted by Crippen LogP contribution is 2.15. The van der Waals surface area contributed by atoms with Crippen molar-refractivity contribution in [3.05, 3.63) is 0 Å². The summed E-state index contributed by atoms with van der Waals surface area (Å²) in [5.41, 5.74) is 0. The molecule has 0 radical (unpaired) electrons. The molecule has 262 valence electrons. The van der Waals surface area contributed by atoms with Crippen LogP contribution < -0.4 is 10.6 Å². The molecular weight excluding hydrogens is 540 g/mol. The van der Waals surface area contributed by atoms with Gasteiger partial charge in [-0.05, 0) is 25.2 Å². The van der Waals surface area contributed by atoms with Crippen LogP contribution >= 0.6 is 0 Å². The SMILES string of the molecule is CCCCCCCCCCCCCCCCCCCCCC(=O)NC(CC(C)C)C(=O)NCCCCCCCCCCCC. The zero-order valence-electron chi connectivity index (χ0n) is 30.6. The van der Waals surface area contributed by atoms with E-state index in [2.05, 4.69) is 38.3 Å². The first kappa shape index (κ1) is 42.9. The van der Waals surface area contributed by atoms with Crippen LogP contribution in [0, 0.1) is 5.92 Å². The van der Waals surface area contributed by atoms with Gasteiger partial charge < -0.3 is 10.6 Å². The summed E-state index contributed by atoms with van der Waals surface area (Å²) in [6.45, 7) is 9.51. The Morgan fingerprint density at radius 1 is 0.455 bits per heavy atom. The van der Waals surface area contributed by atoms with Crippen molar-refractivity contribution < 1.29 is 9.59 Å². The van der Waals surface area contributed by atoms with E-state index in [9.17, 15) is 9.59 Å². The molecule has 2 N–H and O–H groups in total. The van der Waals surface area contributed by atoms with Gasteiger partial charge in [0.25, 0.3) is 0 Å². The average molecular weight is 621 g/mol. The van der Waals surface area contributed by atoms with Gasteiger partial charge >= 0.3 is 0 Å². The molecule has 0 spiro atoms. The fourth-order valence-electron chi connectivity index (χ4n) is 6.28. The summed E-state index contributed by atoms with van der Waals surface area (Å²) in [6.07, 6.45) is 39.9. The number of hydrogen-bond acceptors (Lipinski definition) is 2. The van der Waals surface area contributed by atoms with Crippen molar-refractivity contribution in [3.8, 4) is 0 Å². The van der Waals surface area contributed by atoms with Crippen LogP contribution in [0.4, 0.5) is 0 Å². The molecule has 0 heterocycles. The summed E-state index contributed by atoms with van der Waals surface area (Å²) in [5, 5.41) is 6.14. The predicted octanol–water partition coefficient (Wildman–Crippen LogP) is 12.4. The van der Waals surface area contributed by atoms with Gasteiger partial charge in [-0.25, -0.2) is 0 Å². The second-order valence-corrected chi connectivity index (χ2v) is 14.3. The lowest BCUT2D eigenvalue weighted by atomic mass is 10.0. The molecule has 0 aromatic carbocycles. The van der Waals surface area contributed by atoms with E-state index in [1.807, 2.05) is 0 Å². The average Bonchev–Trinajstić information content (AvgIpc) is 3.00. The molecule has 0 saturated heterocycles. The van der Waals surface area contributed by atoms with Crippen molar-refractivity contribution in [2.45, 2.75) is 233 Å². The Balaban J connectivity index is 3.68. The number of carbonyl (C=O) groups excluding carboxylic acids is 2. The molecule has 0 rings (SSSR count). The zero-order chi connectivity index (χ0) is 32.4. The molecule has 0 aromatic heterocycles. The quantitative estimate of drug-likeness (QED) is 0.0692. The molecule has 1 atom stereocenters. The summed E-state index contributed by atoms with van der Waals surface area (Å²) in [5.74, 6) is 0.408. The molecule has 0 aliphatic carbocycles. The monoisotopic (exact) mass is 621 g/mol. The van der Waals surface area contributed by atoms with Crippen LogP contribution in [0.5, 0.6) is 0 Å². The van der Waals surface area contributed by atoms with Crippen molar-refractivity contribution in [1.82, 2.24) is 10.6 Å². The molecule has 44 heavy (non-hydrogen) atoms. The summed E-state index contributed by atoms with van der Waals surface area (Å²) >= 11 is 0. The maximum absolute atomic E-state index is 12.8. The first-order valence-electron chi connectivity index (χ1n) is 20.1. The van der Waals surface area contributed by atoms with Gasteiger partial charge in [0, 0.05) is 13.0 Å². The van der Waals surface area contributed by atoms with E-state index in [1.165, 1.54) is 167 Å². The molecule has 0 aliphatic heterocycles. The zero-order valence-corrected chi connectivity index (χ0v) is 30.6. The normalized spacial score (nSPS) is 12.1. The highest BCUT2D eigenvalue weighted by molar-refractivity contribution is 5.87. The van der Waals surface area contributed by atoms with Crippen molar-refractivity contribution >= 4 is 11.8 Å². The second kappa shape index (κ2) is 34.8. The fourth-order valence-corrected chi connectivity index (χ4v) is 6.28. The Hall–Kier alpha value is -1.06. The van der Waals surface area contributed by atoms with Crippen LogP contribution in [0.1, 0.15) is 227 Å². The first-order chi connectivity index (χ1) is 21.5. The standard InChI is InChI=1S/C40H80N2O2/c1-5-7-9-11-13-15-17-18-19-20-21-22-23-24-25-26-28-30-32-34-39(43)42-38(36-37(3)4)40(44)41-35-33-31-29-27-16-14-12-10-8-6-2/h37-38H,5-36H2,1-4H3,(H,41,44)(H,42,43). The largest absolute Gasteiger partial charge is 0.354 e. The number of carbonyl (C=O) groups is 2. The number of nitrogens with one attached hydrogen (secondary N) is 2. The third kappa shape index (κ3) is 32.3. The summed E-state index contributed by atoms with van der Waals surface area (Å²) in [4.78, 5) is 25.4. The Labute approximate surface area is 276 Å². The van der Waals surface area contributed by atoms with Gasteiger partial charge in [0.2, 0.25) is 11.8 Å². The molecule has 4 heteroatoms. The minimum Gasteiger partial charge on any atom is -0.354 e. The maximum atomic E-state index is 12.8. The molecule has 4 nitrogen and oxygen atoms in total. The number of amides is 2. The molecule has 0 aliphatic rings. The van der Waals surface area contributed by atoms with Crippen LogP contribution in [-0.2, 0) is 9.59 Å². The van der Waals surface area contributed by atoms with Crippen LogP contribution in [0.3, 0.4) is 0 Å². The van der Waals surface area contributed by atoms with Crippen molar-refractivity contribution in [3.63, 3.8) is 0 Å². The Morgan fingerprint density at radius 3 is 1.11 bits per heavy atom. The second-order valence-electron chi connectivity index (χ2n) is 14.3. The minimum absolute atomic E-state index is 0.00357. The van der Waals surface area contributed by atoms with E-state index in [1.54, 1.807) is 0 Å². The van der Waals surface area contributed by atoms with Crippen molar-refractivity contribution in [2.24, 2.45) is 5.92 Å². The van der Waals surface area contributed by atoms with Gasteiger partial charge in [0.15, 0.2) is 0 Å². The van der Waals surface area contributed by atoms with E-state index >= 15 is 0 Å². The molecule has 2 amide bonds. The summed E-state index contributed by atoms with van der Waals surface area (Å²) < 4.78 is 0. The fraction of sp³-hybridized carbons (Fsp3) is 0.950. The van der Waals surface area contributed by atoms with Gasteiger partial charge in [-0.3, -0.25) is 9.59 Å². The Kier molecular flexibility index (Phi) is 34.0. The molecule has 0 bridgehead atoms. The van der Waals surface area contributed by atoms with Gasteiger partial charge in [0.05, 0.1) is 0 Å². The third-order valence-corrected chi connectivity index (χ3v) is 9.20. The number of unbranched alkanes of at least 4 members (excludes halogenated alkanes) is 27. The van der Waals surface area contributed by atoms with Gasteiger partial charge in [-0.2, -0.15) is 0 Å². The van der Waals surface area contributed by atoms with Gasteiger partial charge in [-0.1, -0.05) is 201 Å². The smallest absolute Gasteiger partial charge is 0.242 e. The summed E-state index contributed by atoms with van der Waals surface area (Å²) in [6, 6.07) is -0.397. The Morgan fingerprint density at radius 2 is 0.773 bits per heavy atom. The van der Waals surface area contributed by atoms with E-state index in [4.69, 9.17) is 0 Å². The number of rotatable bonds is 35. The molecule has 0 fully saturated rings. The van der Waals surface area contributed by atoms with Gasteiger partial charge in [-0.15, -0.1) is 0 Å². The molecule has 0 aromatic rings. The van der Waals surface area contributed by atoms with Crippen molar-refractivity contribution in [1.29, 1.82) is 0 Å². The lowest BCUT2D eigenvalue weighted by Gasteiger charge is -2.20. The van der Waals surface area contributed by atoms with Crippen LogP contribution in [0.2, 0.25) is 0 Å². The van der Waals surface area contributed by atoms with E-state index in [0.29, 0.717) is 18.8 Å². The van der Waals surface area contributed by atoms with Crippen LogP contribution in [-0.4, -0.2) is 24.4 Å². The molecular formula is C40H80N2O2. The topological polar surface area (TPSA) is 58.2 Å². The first-order valence-corrected chi connectivity index (χ1v) is 20.1. The Bertz CT molecular complexity index is 606. The van der Waals surface area contributed by atoms with E-state index < -0.39 is 6.04 Å². The van der Waals surface area contributed by atoms with Crippen molar-refractivity contribution in [2.75, 3.05) is 6.54 Å². The van der Waals surface area contributed by atoms with E-state index in [0.717, 1.165) is 25.8 Å². The predicted molar refractivity (Wildman–Crippen MR) is 194 cm³/mol. The highest BCUT2D eigenvalue weighted by atomic mass is 16.2. The molecule has 0 saturated carbocycles. The summed E-state index contributed by atoms with van der Waals surface area (Å²) in [7, 11) is 0.